The lowest BCUT2D eigenvalue weighted by Crippen LogP contribution is -2.14. The Morgan fingerprint density at radius 3 is 2.62 bits per heavy atom. The number of aryl methyl sites for hydroxylation is 1. The van der Waals surface area contributed by atoms with Gasteiger partial charge >= 0.3 is 0 Å². The van der Waals surface area contributed by atoms with Gasteiger partial charge in [-0.2, -0.15) is 0 Å². The predicted octanol–water partition coefficient (Wildman–Crippen LogP) is 4.90. The van der Waals surface area contributed by atoms with E-state index in [-0.39, 0.29) is 5.82 Å². The van der Waals surface area contributed by atoms with Gasteiger partial charge in [0.15, 0.2) is 0 Å². The van der Waals surface area contributed by atoms with E-state index in [9.17, 15) is 4.39 Å². The second-order valence-corrected chi connectivity index (χ2v) is 5.92. The molecule has 0 spiro atoms. The van der Waals surface area contributed by atoms with Crippen LogP contribution in [-0.2, 0) is 0 Å². The molecule has 0 bridgehead atoms. The normalized spacial score (nSPS) is 11.0. The van der Waals surface area contributed by atoms with E-state index in [1.807, 2.05) is 62.2 Å². The molecule has 21 heavy (non-hydrogen) atoms. The fraction of sp³-hybridized carbons (Fsp3) is 0.235. The van der Waals surface area contributed by atoms with Crippen LogP contribution >= 0.6 is 11.8 Å². The number of halogens is 1. The summed E-state index contributed by atoms with van der Waals surface area (Å²) in [5, 5.41) is 0. The molecule has 2 aromatic carbocycles. The average Bonchev–Trinajstić information content (AvgIpc) is 2.50. The summed E-state index contributed by atoms with van der Waals surface area (Å²) in [6.07, 6.45) is 1.73. The van der Waals surface area contributed by atoms with Gasteiger partial charge < -0.3 is 4.90 Å². The summed E-state index contributed by atoms with van der Waals surface area (Å²) in [5.41, 5.74) is 1.64. The van der Waals surface area contributed by atoms with Crippen LogP contribution in [-0.4, -0.2) is 24.8 Å². The molecule has 0 heterocycles. The van der Waals surface area contributed by atoms with E-state index in [2.05, 4.69) is 4.99 Å². The maximum absolute atomic E-state index is 14.2. The predicted molar refractivity (Wildman–Crippen MR) is 88.2 cm³/mol. The van der Waals surface area contributed by atoms with E-state index in [0.717, 1.165) is 17.0 Å². The second-order valence-electron chi connectivity index (χ2n) is 4.80. The van der Waals surface area contributed by atoms with Crippen molar-refractivity contribution < 1.29 is 4.39 Å². The van der Waals surface area contributed by atoms with E-state index < -0.39 is 0 Å². The van der Waals surface area contributed by atoms with Crippen molar-refractivity contribution in [2.45, 2.75) is 23.6 Å². The minimum atomic E-state index is -0.235. The van der Waals surface area contributed by atoms with Crippen LogP contribution in [0.15, 0.2) is 57.2 Å². The van der Waals surface area contributed by atoms with Crippen LogP contribution in [0.1, 0.15) is 12.5 Å². The first-order valence-corrected chi connectivity index (χ1v) is 7.69. The lowest BCUT2D eigenvalue weighted by Gasteiger charge is -2.10. The molecule has 2 rings (SSSR count). The highest BCUT2D eigenvalue weighted by Crippen LogP contribution is 2.33. The first-order valence-electron chi connectivity index (χ1n) is 6.87. The zero-order valence-electron chi connectivity index (χ0n) is 12.5. The molecule has 0 aliphatic rings. The van der Waals surface area contributed by atoms with Crippen molar-refractivity contribution in [2.24, 2.45) is 4.99 Å². The third-order valence-electron chi connectivity index (χ3n) is 3.11. The number of hydrogen-bond donors (Lipinski definition) is 0. The number of hydrogen-bond acceptors (Lipinski definition) is 2. The van der Waals surface area contributed by atoms with Gasteiger partial charge in [0.25, 0.3) is 0 Å². The van der Waals surface area contributed by atoms with Gasteiger partial charge in [0.05, 0.1) is 12.0 Å². The third kappa shape index (κ3) is 4.33. The van der Waals surface area contributed by atoms with Gasteiger partial charge in [0, 0.05) is 29.4 Å². The van der Waals surface area contributed by atoms with Gasteiger partial charge in [-0.1, -0.05) is 30.0 Å². The van der Waals surface area contributed by atoms with E-state index in [1.165, 1.54) is 17.8 Å². The van der Waals surface area contributed by atoms with Crippen molar-refractivity contribution in [2.75, 3.05) is 13.6 Å². The van der Waals surface area contributed by atoms with Crippen LogP contribution in [0.2, 0.25) is 0 Å². The highest BCUT2D eigenvalue weighted by Gasteiger charge is 2.08. The van der Waals surface area contributed by atoms with E-state index in [1.54, 1.807) is 6.34 Å². The molecule has 0 unspecified atom stereocenters. The Kier molecular flexibility index (Phi) is 5.39. The number of aliphatic imine (C=N–C) groups is 1. The molecule has 0 radical (unpaired) electrons. The van der Waals surface area contributed by atoms with Crippen molar-refractivity contribution in [3.63, 3.8) is 0 Å². The summed E-state index contributed by atoms with van der Waals surface area (Å²) in [7, 11) is 1.94. The first-order chi connectivity index (χ1) is 10.1. The number of benzene rings is 2. The van der Waals surface area contributed by atoms with Crippen LogP contribution in [0.3, 0.4) is 0 Å². The van der Waals surface area contributed by atoms with E-state index in [0.29, 0.717) is 10.6 Å². The second kappa shape index (κ2) is 7.27. The minimum absolute atomic E-state index is 0.235. The van der Waals surface area contributed by atoms with Crippen LogP contribution in [0, 0.1) is 12.7 Å². The van der Waals surface area contributed by atoms with Gasteiger partial charge in [-0.15, -0.1) is 0 Å². The molecule has 0 amide bonds. The Balaban J connectivity index is 2.23. The van der Waals surface area contributed by atoms with E-state index >= 15 is 0 Å². The Morgan fingerprint density at radius 2 is 1.95 bits per heavy atom. The summed E-state index contributed by atoms with van der Waals surface area (Å²) >= 11 is 1.43. The molecule has 2 nitrogen and oxygen atoms in total. The molecule has 0 N–H and O–H groups in total. The van der Waals surface area contributed by atoms with Crippen LogP contribution in [0.25, 0.3) is 0 Å². The van der Waals surface area contributed by atoms with E-state index in [4.69, 9.17) is 0 Å². The molecule has 0 atom stereocenters. The summed E-state index contributed by atoms with van der Waals surface area (Å²) in [6, 6.07) is 13.2. The maximum Gasteiger partial charge on any atom is 0.139 e. The van der Waals surface area contributed by atoms with Crippen LogP contribution in [0.5, 0.6) is 0 Å². The largest absolute Gasteiger partial charge is 0.366 e. The average molecular weight is 302 g/mol. The fourth-order valence-electron chi connectivity index (χ4n) is 1.72. The van der Waals surface area contributed by atoms with Gasteiger partial charge in [0.2, 0.25) is 0 Å². The molecule has 0 aliphatic carbocycles. The quantitative estimate of drug-likeness (QED) is 0.577. The third-order valence-corrected chi connectivity index (χ3v) is 4.15. The lowest BCUT2D eigenvalue weighted by atomic mass is 10.2. The number of nitrogens with zero attached hydrogens (tertiary/aromatic N) is 2. The summed E-state index contributed by atoms with van der Waals surface area (Å²) < 4.78 is 14.2. The zero-order valence-corrected chi connectivity index (χ0v) is 13.3. The SMILES string of the molecule is CCN(C)C=Nc1cc(F)c(Sc2ccccc2)cc1C. The minimum Gasteiger partial charge on any atom is -0.366 e. The Hall–Kier alpha value is -1.81. The highest BCUT2D eigenvalue weighted by molar-refractivity contribution is 7.99. The molecule has 0 aliphatic heterocycles. The number of rotatable bonds is 5. The molecule has 110 valence electrons. The van der Waals surface area contributed by atoms with Gasteiger partial charge in [-0.3, -0.25) is 0 Å². The summed E-state index contributed by atoms with van der Waals surface area (Å²) in [6.45, 7) is 4.86. The molecule has 4 heteroatoms. The topological polar surface area (TPSA) is 15.6 Å². The molecular formula is C17H19FN2S. The maximum atomic E-state index is 14.2. The van der Waals surface area contributed by atoms with Gasteiger partial charge in [-0.25, -0.2) is 9.38 Å². The van der Waals surface area contributed by atoms with Gasteiger partial charge in [0.1, 0.15) is 5.82 Å². The van der Waals surface area contributed by atoms with Crippen molar-refractivity contribution in [1.29, 1.82) is 0 Å². The first kappa shape index (κ1) is 15.6. The summed E-state index contributed by atoms with van der Waals surface area (Å²) in [4.78, 5) is 7.94. The zero-order chi connectivity index (χ0) is 15.2. The Labute approximate surface area is 129 Å². The monoisotopic (exact) mass is 302 g/mol. The Bertz CT molecular complexity index is 626. The van der Waals surface area contributed by atoms with Crippen LogP contribution < -0.4 is 0 Å². The molecule has 0 fully saturated rings. The van der Waals surface area contributed by atoms with Crippen molar-refractivity contribution in [1.82, 2.24) is 4.90 Å². The molecule has 0 aromatic heterocycles. The van der Waals surface area contributed by atoms with Gasteiger partial charge in [-0.05, 0) is 37.6 Å². The smallest absolute Gasteiger partial charge is 0.139 e. The highest BCUT2D eigenvalue weighted by atomic mass is 32.2. The summed E-state index contributed by atoms with van der Waals surface area (Å²) in [5.74, 6) is -0.235. The molecule has 0 saturated heterocycles. The fourth-order valence-corrected chi connectivity index (χ4v) is 2.66. The van der Waals surface area contributed by atoms with Crippen molar-refractivity contribution >= 4 is 23.8 Å². The standard InChI is InChI=1S/C17H19FN2S/c1-4-20(3)12-19-16-11-15(18)17(10-13(16)2)21-14-8-6-5-7-9-14/h5-12H,4H2,1-3H3. The molecule has 0 saturated carbocycles. The lowest BCUT2D eigenvalue weighted by molar-refractivity contribution is 0.551. The van der Waals surface area contributed by atoms with Crippen molar-refractivity contribution in [3.8, 4) is 0 Å². The van der Waals surface area contributed by atoms with Crippen LogP contribution in [0.4, 0.5) is 10.1 Å². The Morgan fingerprint density at radius 1 is 1.24 bits per heavy atom. The van der Waals surface area contributed by atoms with Crippen molar-refractivity contribution in [3.05, 3.63) is 53.8 Å². The molecule has 2 aromatic rings. The molecular weight excluding hydrogens is 283 g/mol.